The fourth-order valence-corrected chi connectivity index (χ4v) is 10.7. The minimum absolute atomic E-state index is 1.25. The molecule has 0 bridgehead atoms. The van der Waals surface area contributed by atoms with Gasteiger partial charge in [0.25, 0.3) is 0 Å². The summed E-state index contributed by atoms with van der Waals surface area (Å²) in [5.41, 5.74) is 13.0. The fraction of sp³-hybridized carbons (Fsp3) is 0.0370. The van der Waals surface area contributed by atoms with E-state index in [1.807, 2.05) is 11.3 Å². The largest absolute Gasteiger partial charge is 0.135 e. The Balaban J connectivity index is 1.18. The third-order valence-electron chi connectivity index (χ3n) is 11.7. The van der Waals surface area contributed by atoms with Gasteiger partial charge in [-0.25, -0.2) is 0 Å². The molecule has 0 amide bonds. The summed E-state index contributed by atoms with van der Waals surface area (Å²) in [7, 11) is 0. The molecule has 10 aromatic carbocycles. The Morgan fingerprint density at radius 2 is 0.727 bits per heavy atom. The van der Waals surface area contributed by atoms with Crippen molar-refractivity contribution in [3.05, 3.63) is 193 Å². The summed E-state index contributed by atoms with van der Waals surface area (Å²) in [6.45, 7) is 4.49. The van der Waals surface area contributed by atoms with E-state index < -0.39 is 0 Å². The van der Waals surface area contributed by atoms with E-state index in [2.05, 4.69) is 196 Å². The Hall–Kier alpha value is -6.54. The third-order valence-corrected chi connectivity index (χ3v) is 12.9. The predicted octanol–water partition coefficient (Wildman–Crippen LogP) is 16.0. The summed E-state index contributed by atoms with van der Waals surface area (Å²) in [6.07, 6.45) is 0. The van der Waals surface area contributed by atoms with Gasteiger partial charge in [0, 0.05) is 25.7 Å². The number of benzene rings is 10. The molecule has 1 heteroatoms. The molecular formula is C54H36S. The van der Waals surface area contributed by atoms with Gasteiger partial charge in [-0.15, -0.1) is 11.3 Å². The van der Waals surface area contributed by atoms with Gasteiger partial charge in [0.1, 0.15) is 0 Å². The van der Waals surface area contributed by atoms with E-state index in [0.717, 1.165) is 0 Å². The predicted molar refractivity (Wildman–Crippen MR) is 241 cm³/mol. The van der Waals surface area contributed by atoms with Gasteiger partial charge in [0.2, 0.25) is 0 Å². The molecule has 0 atom stereocenters. The second-order valence-corrected chi connectivity index (χ2v) is 15.9. The number of fused-ring (bicyclic) bond motifs is 7. The molecule has 0 nitrogen and oxygen atoms in total. The highest BCUT2D eigenvalue weighted by Gasteiger charge is 2.22. The van der Waals surface area contributed by atoms with Crippen LogP contribution in [0.1, 0.15) is 11.1 Å². The van der Waals surface area contributed by atoms with Crippen LogP contribution >= 0.6 is 11.3 Å². The lowest BCUT2D eigenvalue weighted by Crippen LogP contribution is -1.94. The van der Waals surface area contributed by atoms with Crippen molar-refractivity contribution in [3.8, 4) is 44.5 Å². The smallest absolute Gasteiger partial charge is 0.0434 e. The molecule has 0 spiro atoms. The first-order valence-electron chi connectivity index (χ1n) is 19.1. The summed E-state index contributed by atoms with van der Waals surface area (Å²) in [5, 5.41) is 12.9. The van der Waals surface area contributed by atoms with Gasteiger partial charge in [-0.3, -0.25) is 0 Å². The molecule has 0 N–H and O–H groups in total. The third kappa shape index (κ3) is 4.83. The monoisotopic (exact) mass is 716 g/mol. The summed E-state index contributed by atoms with van der Waals surface area (Å²) < 4.78 is 2.64. The molecule has 0 radical (unpaired) electrons. The molecule has 0 saturated heterocycles. The lowest BCUT2D eigenvalue weighted by atomic mass is 9.83. The molecule has 0 aliphatic rings. The standard InChI is InChI=1S/C54H36S/c1-33-16-14-17-34(2)49(33)53-44-26-12-8-22-40(44)51(41-23-9-13-27-45(41)53)36-30-31-37-46-28-15-29-47(54(46)55-48(37)32-36)52-42-24-10-6-20-38(42)50(35-18-4-3-5-19-35)39-21-7-11-25-43(39)52/h3-32H,1-2H3. The van der Waals surface area contributed by atoms with Crippen molar-refractivity contribution in [3.63, 3.8) is 0 Å². The maximum Gasteiger partial charge on any atom is 0.0434 e. The van der Waals surface area contributed by atoms with Gasteiger partial charge in [-0.2, -0.15) is 0 Å². The van der Waals surface area contributed by atoms with Gasteiger partial charge in [0.05, 0.1) is 0 Å². The van der Waals surface area contributed by atoms with Crippen molar-refractivity contribution in [2.75, 3.05) is 0 Å². The Kier molecular flexibility index (Phi) is 7.27. The molecule has 11 aromatic rings. The van der Waals surface area contributed by atoms with Crippen molar-refractivity contribution < 1.29 is 0 Å². The fourth-order valence-electron chi connectivity index (χ4n) is 9.40. The highest BCUT2D eigenvalue weighted by Crippen LogP contribution is 2.50. The maximum absolute atomic E-state index is 2.45. The Morgan fingerprint density at radius 1 is 0.291 bits per heavy atom. The molecule has 0 saturated carbocycles. The zero-order valence-corrected chi connectivity index (χ0v) is 31.5. The summed E-state index contributed by atoms with van der Waals surface area (Å²) in [6, 6.07) is 67.6. The topological polar surface area (TPSA) is 0 Å². The van der Waals surface area contributed by atoms with E-state index in [9.17, 15) is 0 Å². The number of hydrogen-bond donors (Lipinski definition) is 0. The van der Waals surface area contributed by atoms with E-state index in [4.69, 9.17) is 0 Å². The molecule has 11 rings (SSSR count). The number of rotatable bonds is 4. The Morgan fingerprint density at radius 3 is 1.27 bits per heavy atom. The van der Waals surface area contributed by atoms with Gasteiger partial charge in [-0.1, -0.05) is 176 Å². The van der Waals surface area contributed by atoms with Crippen LogP contribution in [0.2, 0.25) is 0 Å². The zero-order valence-electron chi connectivity index (χ0n) is 30.7. The first-order valence-corrected chi connectivity index (χ1v) is 19.9. The first-order chi connectivity index (χ1) is 27.2. The van der Waals surface area contributed by atoms with Crippen molar-refractivity contribution in [2.45, 2.75) is 13.8 Å². The Labute approximate surface area is 324 Å². The molecule has 258 valence electrons. The van der Waals surface area contributed by atoms with Gasteiger partial charge >= 0.3 is 0 Å². The van der Waals surface area contributed by atoms with E-state index in [0.29, 0.717) is 0 Å². The van der Waals surface area contributed by atoms with Crippen molar-refractivity contribution >= 4 is 74.6 Å². The van der Waals surface area contributed by atoms with Crippen LogP contribution in [0.25, 0.3) is 108 Å². The van der Waals surface area contributed by atoms with Crippen molar-refractivity contribution in [1.82, 2.24) is 0 Å². The molecule has 1 aromatic heterocycles. The van der Waals surface area contributed by atoms with E-state index in [1.54, 1.807) is 0 Å². The average Bonchev–Trinajstić information content (AvgIpc) is 3.61. The normalized spacial score (nSPS) is 11.8. The molecule has 0 aliphatic heterocycles. The molecule has 0 aliphatic carbocycles. The van der Waals surface area contributed by atoms with Gasteiger partial charge in [-0.05, 0) is 113 Å². The number of aryl methyl sites for hydroxylation is 2. The molecular weight excluding hydrogens is 681 g/mol. The minimum Gasteiger partial charge on any atom is -0.135 e. The van der Waals surface area contributed by atoms with E-state index in [-0.39, 0.29) is 0 Å². The summed E-state index contributed by atoms with van der Waals surface area (Å²) >= 11 is 1.92. The van der Waals surface area contributed by atoms with Crippen LogP contribution in [0, 0.1) is 13.8 Å². The van der Waals surface area contributed by atoms with Crippen molar-refractivity contribution in [2.24, 2.45) is 0 Å². The number of thiophene rings is 1. The van der Waals surface area contributed by atoms with Gasteiger partial charge in [0.15, 0.2) is 0 Å². The molecule has 0 fully saturated rings. The highest BCUT2D eigenvalue weighted by atomic mass is 32.1. The summed E-state index contributed by atoms with van der Waals surface area (Å²) in [4.78, 5) is 0. The average molecular weight is 717 g/mol. The van der Waals surface area contributed by atoms with Gasteiger partial charge < -0.3 is 0 Å². The van der Waals surface area contributed by atoms with Crippen LogP contribution in [0.5, 0.6) is 0 Å². The minimum atomic E-state index is 1.25. The second kappa shape index (κ2) is 12.5. The van der Waals surface area contributed by atoms with Crippen LogP contribution in [0.15, 0.2) is 182 Å². The number of hydrogen-bond acceptors (Lipinski definition) is 1. The van der Waals surface area contributed by atoms with Crippen LogP contribution in [0.4, 0.5) is 0 Å². The SMILES string of the molecule is Cc1cccc(C)c1-c1c2ccccc2c(-c2ccc3c(c2)sc2c(-c4c5ccccc5c(-c5ccccc5)c5ccccc45)cccc23)c2ccccc12. The molecule has 0 unspecified atom stereocenters. The highest BCUT2D eigenvalue weighted by molar-refractivity contribution is 7.26. The molecule has 1 heterocycles. The zero-order chi connectivity index (χ0) is 36.6. The van der Waals surface area contributed by atoms with Crippen LogP contribution in [-0.2, 0) is 0 Å². The van der Waals surface area contributed by atoms with Crippen LogP contribution in [-0.4, -0.2) is 0 Å². The van der Waals surface area contributed by atoms with Crippen molar-refractivity contribution in [1.29, 1.82) is 0 Å². The maximum atomic E-state index is 2.45. The lowest BCUT2D eigenvalue weighted by molar-refractivity contribution is 1.39. The Bertz CT molecular complexity index is 3190. The van der Waals surface area contributed by atoms with Crippen LogP contribution < -0.4 is 0 Å². The van der Waals surface area contributed by atoms with E-state index >= 15 is 0 Å². The van der Waals surface area contributed by atoms with E-state index in [1.165, 1.54) is 119 Å². The quantitative estimate of drug-likeness (QED) is 0.159. The molecule has 55 heavy (non-hydrogen) atoms. The summed E-state index contributed by atoms with van der Waals surface area (Å²) in [5.74, 6) is 0. The van der Waals surface area contributed by atoms with Crippen LogP contribution in [0.3, 0.4) is 0 Å². The second-order valence-electron chi connectivity index (χ2n) is 14.8. The lowest BCUT2D eigenvalue weighted by Gasteiger charge is -2.20. The first kappa shape index (κ1) is 31.9.